The summed E-state index contributed by atoms with van der Waals surface area (Å²) in [5, 5.41) is 4.42. The van der Waals surface area contributed by atoms with E-state index in [1.807, 2.05) is 47.4 Å². The van der Waals surface area contributed by atoms with E-state index in [9.17, 15) is 9.59 Å². The molecule has 33 heavy (non-hydrogen) atoms. The van der Waals surface area contributed by atoms with Gasteiger partial charge in [-0.15, -0.1) is 0 Å². The van der Waals surface area contributed by atoms with Crippen molar-refractivity contribution in [2.75, 3.05) is 39.8 Å². The molecule has 0 bridgehead atoms. The summed E-state index contributed by atoms with van der Waals surface area (Å²) < 4.78 is 6.51. The zero-order chi connectivity index (χ0) is 23.0. The topological polar surface area (TPSA) is 67.7 Å². The highest BCUT2D eigenvalue weighted by Gasteiger charge is 2.21. The second-order valence-corrected chi connectivity index (χ2v) is 7.94. The Balaban J connectivity index is 1.33. The molecule has 1 aliphatic rings. The molecular weight excluding hydrogens is 416 g/mol. The van der Waals surface area contributed by atoms with E-state index in [0.717, 1.165) is 25.2 Å². The lowest BCUT2D eigenvalue weighted by molar-refractivity contribution is -0.133. The van der Waals surface area contributed by atoms with Gasteiger partial charge in [-0.25, -0.2) is 4.68 Å². The van der Waals surface area contributed by atoms with E-state index in [4.69, 9.17) is 4.74 Å². The highest BCUT2D eigenvalue weighted by Crippen LogP contribution is 2.21. The van der Waals surface area contributed by atoms with Crippen molar-refractivity contribution in [3.8, 4) is 17.0 Å². The van der Waals surface area contributed by atoms with Gasteiger partial charge in [0.1, 0.15) is 12.3 Å². The van der Waals surface area contributed by atoms with E-state index < -0.39 is 0 Å². The molecule has 0 N–H and O–H groups in total. The van der Waals surface area contributed by atoms with Gasteiger partial charge >= 0.3 is 0 Å². The van der Waals surface area contributed by atoms with Crippen LogP contribution in [0.2, 0.25) is 0 Å². The number of amides is 1. The standard InChI is InChI=1S/C26H28N4O3/c1-33-23-11-5-10-22(19-23)24-12-13-25(31)30(27-24)20-26(32)29-17-15-28(16-18-29)14-6-9-21-7-3-2-4-8-21/h2-13,19H,14-18,20H2,1H3/b9-6+. The first-order valence-electron chi connectivity index (χ1n) is 11.1. The summed E-state index contributed by atoms with van der Waals surface area (Å²) >= 11 is 0. The van der Waals surface area contributed by atoms with Crippen molar-refractivity contribution in [1.29, 1.82) is 0 Å². The monoisotopic (exact) mass is 444 g/mol. The quantitative estimate of drug-likeness (QED) is 0.561. The fourth-order valence-corrected chi connectivity index (χ4v) is 3.81. The van der Waals surface area contributed by atoms with Crippen LogP contribution in [0.15, 0.2) is 77.6 Å². The average molecular weight is 445 g/mol. The summed E-state index contributed by atoms with van der Waals surface area (Å²) in [6.07, 6.45) is 4.27. The predicted molar refractivity (Wildman–Crippen MR) is 129 cm³/mol. The maximum atomic E-state index is 12.8. The summed E-state index contributed by atoms with van der Waals surface area (Å²) in [4.78, 5) is 29.3. The third-order valence-electron chi connectivity index (χ3n) is 5.72. The largest absolute Gasteiger partial charge is 0.497 e. The van der Waals surface area contributed by atoms with Gasteiger partial charge in [-0.3, -0.25) is 14.5 Å². The van der Waals surface area contributed by atoms with Crippen LogP contribution in [0, 0.1) is 0 Å². The molecule has 1 aromatic heterocycles. The van der Waals surface area contributed by atoms with Crippen LogP contribution in [0.1, 0.15) is 5.56 Å². The van der Waals surface area contributed by atoms with Crippen LogP contribution in [-0.2, 0) is 11.3 Å². The highest BCUT2D eigenvalue weighted by atomic mass is 16.5. The Morgan fingerprint density at radius 2 is 1.79 bits per heavy atom. The number of piperazine rings is 1. The van der Waals surface area contributed by atoms with Crippen LogP contribution in [-0.4, -0.2) is 65.3 Å². The smallest absolute Gasteiger partial charge is 0.267 e. The highest BCUT2D eigenvalue weighted by molar-refractivity contribution is 5.76. The van der Waals surface area contributed by atoms with Crippen molar-refractivity contribution in [3.63, 3.8) is 0 Å². The molecule has 1 amide bonds. The van der Waals surface area contributed by atoms with Crippen LogP contribution in [0.5, 0.6) is 5.75 Å². The number of carbonyl (C=O) groups excluding carboxylic acids is 1. The molecule has 7 nitrogen and oxygen atoms in total. The van der Waals surface area contributed by atoms with Crippen molar-refractivity contribution >= 4 is 12.0 Å². The van der Waals surface area contributed by atoms with Crippen molar-refractivity contribution < 1.29 is 9.53 Å². The first-order chi connectivity index (χ1) is 16.1. The van der Waals surface area contributed by atoms with Gasteiger partial charge < -0.3 is 9.64 Å². The second-order valence-electron chi connectivity index (χ2n) is 7.94. The summed E-state index contributed by atoms with van der Waals surface area (Å²) in [5.74, 6) is 0.617. The van der Waals surface area contributed by atoms with Crippen molar-refractivity contribution in [3.05, 3.63) is 88.7 Å². The fourth-order valence-electron chi connectivity index (χ4n) is 3.81. The van der Waals surface area contributed by atoms with Crippen LogP contribution in [0.4, 0.5) is 0 Å². The number of aromatic nitrogens is 2. The van der Waals surface area contributed by atoms with Gasteiger partial charge in [-0.1, -0.05) is 54.6 Å². The average Bonchev–Trinajstić information content (AvgIpc) is 2.86. The molecule has 1 aliphatic heterocycles. The molecule has 1 saturated heterocycles. The Labute approximate surface area is 193 Å². The Morgan fingerprint density at radius 1 is 1.00 bits per heavy atom. The van der Waals surface area contributed by atoms with E-state index in [-0.39, 0.29) is 18.0 Å². The summed E-state index contributed by atoms with van der Waals surface area (Å²) in [5.41, 5.74) is 2.34. The third-order valence-corrected chi connectivity index (χ3v) is 5.72. The van der Waals surface area contributed by atoms with Crippen LogP contribution in [0.25, 0.3) is 17.3 Å². The summed E-state index contributed by atoms with van der Waals surface area (Å²) in [6.45, 7) is 3.67. The lowest BCUT2D eigenvalue weighted by Crippen LogP contribution is -2.50. The number of benzene rings is 2. The van der Waals surface area contributed by atoms with Gasteiger partial charge in [-0.05, 0) is 23.8 Å². The predicted octanol–water partition coefficient (Wildman–Crippen LogP) is 2.78. The number of hydrogen-bond donors (Lipinski definition) is 0. The molecule has 0 spiro atoms. The lowest BCUT2D eigenvalue weighted by Gasteiger charge is -2.34. The molecule has 0 unspecified atom stereocenters. The molecule has 0 atom stereocenters. The van der Waals surface area contributed by atoms with Gasteiger partial charge in [0.2, 0.25) is 5.91 Å². The Bertz CT molecular complexity index is 1170. The molecule has 4 rings (SSSR count). The molecule has 0 aliphatic carbocycles. The number of ether oxygens (including phenoxy) is 1. The van der Waals surface area contributed by atoms with Gasteiger partial charge in [-0.2, -0.15) is 5.10 Å². The van der Waals surface area contributed by atoms with E-state index in [2.05, 4.69) is 34.3 Å². The van der Waals surface area contributed by atoms with E-state index in [1.165, 1.54) is 16.3 Å². The lowest BCUT2D eigenvalue weighted by atomic mass is 10.1. The van der Waals surface area contributed by atoms with Gasteiger partial charge in [0.25, 0.3) is 5.56 Å². The molecule has 0 radical (unpaired) electrons. The number of rotatable bonds is 7. The number of carbonyl (C=O) groups is 1. The Kier molecular flexibility index (Phi) is 7.32. The molecule has 3 aromatic rings. The van der Waals surface area contributed by atoms with Gasteiger partial charge in [0.15, 0.2) is 0 Å². The minimum atomic E-state index is -0.292. The molecule has 2 aromatic carbocycles. The summed E-state index contributed by atoms with van der Waals surface area (Å²) in [7, 11) is 1.60. The van der Waals surface area contributed by atoms with Crippen LogP contribution < -0.4 is 10.3 Å². The van der Waals surface area contributed by atoms with E-state index in [0.29, 0.717) is 24.5 Å². The number of methoxy groups -OCH3 is 1. The van der Waals surface area contributed by atoms with Gasteiger partial charge in [0.05, 0.1) is 12.8 Å². The maximum Gasteiger partial charge on any atom is 0.267 e. The normalized spacial score (nSPS) is 14.5. The fraction of sp³-hybridized carbons (Fsp3) is 0.269. The molecular formula is C26H28N4O3. The van der Waals surface area contributed by atoms with Crippen LogP contribution >= 0.6 is 0 Å². The molecule has 1 fully saturated rings. The van der Waals surface area contributed by atoms with Crippen molar-refractivity contribution in [1.82, 2.24) is 19.6 Å². The zero-order valence-corrected chi connectivity index (χ0v) is 18.8. The van der Waals surface area contributed by atoms with Crippen molar-refractivity contribution in [2.24, 2.45) is 0 Å². The zero-order valence-electron chi connectivity index (χ0n) is 18.8. The van der Waals surface area contributed by atoms with E-state index in [1.54, 1.807) is 13.2 Å². The van der Waals surface area contributed by atoms with E-state index >= 15 is 0 Å². The minimum absolute atomic E-state index is 0.0649. The minimum Gasteiger partial charge on any atom is -0.497 e. The molecule has 170 valence electrons. The van der Waals surface area contributed by atoms with Crippen LogP contribution in [0.3, 0.4) is 0 Å². The summed E-state index contributed by atoms with van der Waals surface area (Å²) in [6, 6.07) is 20.8. The Hall–Kier alpha value is -3.71. The van der Waals surface area contributed by atoms with Gasteiger partial charge in [0, 0.05) is 44.4 Å². The van der Waals surface area contributed by atoms with Crippen molar-refractivity contribution in [2.45, 2.75) is 6.54 Å². The molecule has 0 saturated carbocycles. The molecule has 7 heteroatoms. The number of nitrogens with zero attached hydrogens (tertiary/aromatic N) is 4. The first kappa shape index (κ1) is 22.5. The maximum absolute atomic E-state index is 12.8. The third kappa shape index (κ3) is 5.96. The first-order valence-corrected chi connectivity index (χ1v) is 11.1. The second kappa shape index (κ2) is 10.7. The number of hydrogen-bond acceptors (Lipinski definition) is 5. The Morgan fingerprint density at radius 3 is 2.55 bits per heavy atom. The molecule has 2 heterocycles. The SMILES string of the molecule is COc1cccc(-c2ccc(=O)n(CC(=O)N3CCN(C/C=C/c4ccccc4)CC3)n2)c1.